The Hall–Kier alpha value is -1.22. The Morgan fingerprint density at radius 1 is 1.31 bits per heavy atom. The highest BCUT2D eigenvalue weighted by Gasteiger charge is 2.12. The van der Waals surface area contributed by atoms with Crippen LogP contribution in [0, 0.1) is 0 Å². The van der Waals surface area contributed by atoms with Gasteiger partial charge in [0.25, 0.3) is 0 Å². The predicted molar refractivity (Wildman–Crippen MR) is 63.5 cm³/mol. The average molecular weight is 218 g/mol. The van der Waals surface area contributed by atoms with Crippen LogP contribution in [0.4, 0.5) is 0 Å². The van der Waals surface area contributed by atoms with Crippen molar-refractivity contribution in [1.82, 2.24) is 9.88 Å². The number of likely N-dealkylation sites (tertiary alicyclic amines) is 1. The number of pyridine rings is 1. The summed E-state index contributed by atoms with van der Waals surface area (Å²) in [4.78, 5) is 18.2. The van der Waals surface area contributed by atoms with E-state index in [-0.39, 0.29) is 5.78 Å². The van der Waals surface area contributed by atoms with Gasteiger partial charge < -0.3 is 4.90 Å². The zero-order valence-electron chi connectivity index (χ0n) is 9.56. The summed E-state index contributed by atoms with van der Waals surface area (Å²) in [6.07, 6.45) is 7.86. The maximum Gasteiger partial charge on any atom is 0.165 e. The van der Waals surface area contributed by atoms with Crippen molar-refractivity contribution in [1.29, 1.82) is 0 Å². The minimum Gasteiger partial charge on any atom is -0.303 e. The molecule has 3 heteroatoms. The molecular weight excluding hydrogens is 200 g/mol. The fraction of sp³-hybridized carbons (Fsp3) is 0.538. The van der Waals surface area contributed by atoms with Gasteiger partial charge in [-0.2, -0.15) is 0 Å². The molecule has 0 aliphatic carbocycles. The zero-order chi connectivity index (χ0) is 11.2. The van der Waals surface area contributed by atoms with E-state index in [4.69, 9.17) is 0 Å². The van der Waals surface area contributed by atoms with Crippen LogP contribution in [-0.4, -0.2) is 35.3 Å². The molecule has 3 nitrogen and oxygen atoms in total. The number of aromatic nitrogens is 1. The Kier molecular flexibility index (Phi) is 4.05. The lowest BCUT2D eigenvalue weighted by molar-refractivity contribution is 0.0958. The largest absolute Gasteiger partial charge is 0.303 e. The van der Waals surface area contributed by atoms with E-state index in [0.29, 0.717) is 6.42 Å². The Balaban J connectivity index is 1.79. The topological polar surface area (TPSA) is 33.2 Å². The molecule has 1 aliphatic rings. The second-order valence-electron chi connectivity index (χ2n) is 4.32. The monoisotopic (exact) mass is 218 g/mol. The molecule has 1 aromatic rings. The van der Waals surface area contributed by atoms with E-state index in [2.05, 4.69) is 9.88 Å². The van der Waals surface area contributed by atoms with Gasteiger partial charge in [-0.05, 0) is 38.1 Å². The van der Waals surface area contributed by atoms with E-state index < -0.39 is 0 Å². The first-order valence-corrected chi connectivity index (χ1v) is 6.02. The standard InChI is InChI=1S/C13H18N2O/c16-13(12-5-4-7-14-11-12)6-10-15-8-2-1-3-9-15/h4-5,7,11H,1-3,6,8-10H2. The number of piperidine rings is 1. The first kappa shape index (κ1) is 11.3. The van der Waals surface area contributed by atoms with E-state index in [0.717, 1.165) is 25.2 Å². The molecule has 0 radical (unpaired) electrons. The molecule has 0 saturated carbocycles. The molecular formula is C13H18N2O. The average Bonchev–Trinajstić information content (AvgIpc) is 2.38. The third-order valence-corrected chi connectivity index (χ3v) is 3.09. The SMILES string of the molecule is O=C(CCN1CCCCC1)c1cccnc1. The second-order valence-corrected chi connectivity index (χ2v) is 4.32. The molecule has 1 aliphatic heterocycles. The summed E-state index contributed by atoms with van der Waals surface area (Å²) in [5.74, 6) is 0.207. The first-order valence-electron chi connectivity index (χ1n) is 6.02. The van der Waals surface area contributed by atoms with Gasteiger partial charge in [-0.1, -0.05) is 6.42 Å². The van der Waals surface area contributed by atoms with Crippen LogP contribution in [0.15, 0.2) is 24.5 Å². The van der Waals surface area contributed by atoms with Gasteiger partial charge in [-0.25, -0.2) is 0 Å². The number of rotatable bonds is 4. The van der Waals surface area contributed by atoms with E-state index >= 15 is 0 Å². The molecule has 0 amide bonds. The van der Waals surface area contributed by atoms with Crippen LogP contribution in [0.2, 0.25) is 0 Å². The molecule has 2 rings (SSSR count). The third kappa shape index (κ3) is 3.14. The molecule has 2 heterocycles. The fourth-order valence-electron chi connectivity index (χ4n) is 2.11. The fourth-order valence-corrected chi connectivity index (χ4v) is 2.11. The van der Waals surface area contributed by atoms with Gasteiger partial charge in [0.05, 0.1) is 0 Å². The van der Waals surface area contributed by atoms with E-state index in [9.17, 15) is 4.79 Å². The quantitative estimate of drug-likeness (QED) is 0.726. The van der Waals surface area contributed by atoms with Gasteiger partial charge >= 0.3 is 0 Å². The summed E-state index contributed by atoms with van der Waals surface area (Å²) in [6.45, 7) is 3.20. The first-order chi connectivity index (χ1) is 7.86. The molecule has 0 atom stereocenters. The van der Waals surface area contributed by atoms with Gasteiger partial charge in [0.1, 0.15) is 0 Å². The van der Waals surface area contributed by atoms with Crippen molar-refractivity contribution in [2.45, 2.75) is 25.7 Å². The van der Waals surface area contributed by atoms with Gasteiger partial charge in [-0.15, -0.1) is 0 Å². The molecule has 0 bridgehead atoms. The number of carbonyl (C=O) groups is 1. The summed E-state index contributed by atoms with van der Waals surface area (Å²) in [5.41, 5.74) is 0.736. The Bertz CT molecular complexity index is 331. The second kappa shape index (κ2) is 5.75. The molecule has 1 fully saturated rings. The number of ketones is 1. The Labute approximate surface area is 96.5 Å². The van der Waals surface area contributed by atoms with Crippen molar-refractivity contribution >= 4 is 5.78 Å². The van der Waals surface area contributed by atoms with Crippen LogP contribution < -0.4 is 0 Å². The number of Topliss-reactive ketones (excluding diaryl/α,β-unsaturated/α-hetero) is 1. The molecule has 0 N–H and O–H groups in total. The highest BCUT2D eigenvalue weighted by molar-refractivity contribution is 5.95. The zero-order valence-corrected chi connectivity index (χ0v) is 9.56. The van der Waals surface area contributed by atoms with Crippen molar-refractivity contribution in [3.8, 4) is 0 Å². The minimum absolute atomic E-state index is 0.207. The van der Waals surface area contributed by atoms with Gasteiger partial charge in [0, 0.05) is 30.9 Å². The number of hydrogen-bond acceptors (Lipinski definition) is 3. The Morgan fingerprint density at radius 2 is 2.12 bits per heavy atom. The van der Waals surface area contributed by atoms with Crippen LogP contribution >= 0.6 is 0 Å². The van der Waals surface area contributed by atoms with Crippen LogP contribution in [0.5, 0.6) is 0 Å². The summed E-state index contributed by atoms with van der Waals surface area (Å²) in [5, 5.41) is 0. The summed E-state index contributed by atoms with van der Waals surface area (Å²) < 4.78 is 0. The lowest BCUT2D eigenvalue weighted by Gasteiger charge is -2.25. The molecule has 1 aromatic heterocycles. The van der Waals surface area contributed by atoms with Crippen LogP contribution in [0.25, 0.3) is 0 Å². The normalized spacial score (nSPS) is 17.2. The maximum atomic E-state index is 11.8. The van der Waals surface area contributed by atoms with Crippen LogP contribution in [0.3, 0.4) is 0 Å². The van der Waals surface area contributed by atoms with Crippen molar-refractivity contribution in [2.24, 2.45) is 0 Å². The number of carbonyl (C=O) groups excluding carboxylic acids is 1. The molecule has 1 saturated heterocycles. The van der Waals surface area contributed by atoms with Crippen molar-refractivity contribution in [3.05, 3.63) is 30.1 Å². The van der Waals surface area contributed by atoms with Crippen molar-refractivity contribution in [2.75, 3.05) is 19.6 Å². The Morgan fingerprint density at radius 3 is 2.81 bits per heavy atom. The predicted octanol–water partition coefficient (Wildman–Crippen LogP) is 2.14. The molecule has 0 aromatic carbocycles. The summed E-state index contributed by atoms with van der Waals surface area (Å²) >= 11 is 0. The summed E-state index contributed by atoms with van der Waals surface area (Å²) in [7, 11) is 0. The lowest BCUT2D eigenvalue weighted by atomic mass is 10.1. The third-order valence-electron chi connectivity index (χ3n) is 3.09. The molecule has 0 spiro atoms. The minimum atomic E-state index is 0.207. The lowest BCUT2D eigenvalue weighted by Crippen LogP contribution is -2.31. The maximum absolute atomic E-state index is 11.8. The van der Waals surface area contributed by atoms with Gasteiger partial charge in [0.2, 0.25) is 0 Å². The van der Waals surface area contributed by atoms with E-state index in [1.807, 2.05) is 12.1 Å². The summed E-state index contributed by atoms with van der Waals surface area (Å²) in [6, 6.07) is 3.65. The van der Waals surface area contributed by atoms with Gasteiger partial charge in [-0.3, -0.25) is 9.78 Å². The number of nitrogens with zero attached hydrogens (tertiary/aromatic N) is 2. The molecule has 86 valence electrons. The van der Waals surface area contributed by atoms with E-state index in [1.54, 1.807) is 12.4 Å². The van der Waals surface area contributed by atoms with Crippen molar-refractivity contribution < 1.29 is 4.79 Å². The highest BCUT2D eigenvalue weighted by Crippen LogP contribution is 2.10. The highest BCUT2D eigenvalue weighted by atomic mass is 16.1. The van der Waals surface area contributed by atoms with Crippen LogP contribution in [0.1, 0.15) is 36.0 Å². The van der Waals surface area contributed by atoms with E-state index in [1.165, 1.54) is 19.3 Å². The number of hydrogen-bond donors (Lipinski definition) is 0. The van der Waals surface area contributed by atoms with Crippen LogP contribution in [-0.2, 0) is 0 Å². The smallest absolute Gasteiger partial charge is 0.165 e. The van der Waals surface area contributed by atoms with Gasteiger partial charge in [0.15, 0.2) is 5.78 Å². The van der Waals surface area contributed by atoms with Crippen molar-refractivity contribution in [3.63, 3.8) is 0 Å². The molecule has 0 unspecified atom stereocenters. The molecule has 16 heavy (non-hydrogen) atoms.